The van der Waals surface area contributed by atoms with Gasteiger partial charge in [0, 0.05) is 19.1 Å². The van der Waals surface area contributed by atoms with Gasteiger partial charge >= 0.3 is 6.09 Å². The molecule has 2 N–H and O–H groups in total. The molecule has 0 aromatic carbocycles. The van der Waals surface area contributed by atoms with E-state index in [1.165, 1.54) is 6.42 Å². The lowest BCUT2D eigenvalue weighted by molar-refractivity contribution is 0.105. The van der Waals surface area contributed by atoms with E-state index in [2.05, 4.69) is 22.6 Å². The number of hydrogen-bond donors (Lipinski definition) is 2. The largest absolute Gasteiger partial charge is 0.443 e. The number of ether oxygens (including phenoxy) is 1. The van der Waals surface area contributed by atoms with E-state index in [0.717, 1.165) is 19.6 Å². The number of nitrogens with zero attached hydrogens (tertiary/aromatic N) is 1. The summed E-state index contributed by atoms with van der Waals surface area (Å²) in [6.45, 7) is 3.61. The molecule has 2 fully saturated rings. The first kappa shape index (κ1) is 9.73. The van der Waals surface area contributed by atoms with Gasteiger partial charge in [-0.1, -0.05) is 0 Å². The van der Waals surface area contributed by atoms with Crippen LogP contribution in [0.1, 0.15) is 6.42 Å². The van der Waals surface area contributed by atoms with Crippen molar-refractivity contribution in [2.45, 2.75) is 18.6 Å². The van der Waals surface area contributed by atoms with Gasteiger partial charge < -0.3 is 15.4 Å². The standard InChI is InChI=1S/C9H17N3O2/c1-12(7-2-3-10-4-7)6-8-5-11-9(13)14-8/h7-8,10H,2-6H2,1H3,(H,11,13). The number of carbonyl (C=O) groups excluding carboxylic acids is 1. The van der Waals surface area contributed by atoms with Gasteiger partial charge in [0.15, 0.2) is 0 Å². The molecule has 0 saturated carbocycles. The Morgan fingerprint density at radius 2 is 2.43 bits per heavy atom. The van der Waals surface area contributed by atoms with Crippen LogP contribution in [-0.4, -0.2) is 56.4 Å². The Labute approximate surface area is 83.8 Å². The van der Waals surface area contributed by atoms with Crippen molar-refractivity contribution in [3.63, 3.8) is 0 Å². The molecule has 2 rings (SSSR count). The number of hydrogen-bond acceptors (Lipinski definition) is 4. The monoisotopic (exact) mass is 199 g/mol. The maximum absolute atomic E-state index is 10.8. The van der Waals surface area contributed by atoms with Crippen LogP contribution in [0.3, 0.4) is 0 Å². The van der Waals surface area contributed by atoms with E-state index in [1.54, 1.807) is 0 Å². The molecule has 0 aromatic heterocycles. The molecular formula is C9H17N3O2. The zero-order chi connectivity index (χ0) is 9.97. The molecule has 5 nitrogen and oxygen atoms in total. The molecule has 2 atom stereocenters. The van der Waals surface area contributed by atoms with Crippen molar-refractivity contribution in [1.82, 2.24) is 15.5 Å². The van der Waals surface area contributed by atoms with Gasteiger partial charge in [-0.25, -0.2) is 4.79 Å². The third-order valence-electron chi connectivity index (χ3n) is 2.90. The van der Waals surface area contributed by atoms with Crippen LogP contribution in [0.4, 0.5) is 4.79 Å². The fourth-order valence-electron chi connectivity index (χ4n) is 2.02. The average Bonchev–Trinajstić information content (AvgIpc) is 2.75. The Morgan fingerprint density at radius 1 is 1.57 bits per heavy atom. The molecule has 2 aliphatic heterocycles. The molecule has 2 aliphatic rings. The first-order valence-corrected chi connectivity index (χ1v) is 5.11. The van der Waals surface area contributed by atoms with Crippen LogP contribution in [0.5, 0.6) is 0 Å². The van der Waals surface area contributed by atoms with E-state index < -0.39 is 0 Å². The molecule has 2 saturated heterocycles. The van der Waals surface area contributed by atoms with E-state index in [1.807, 2.05) is 0 Å². The highest BCUT2D eigenvalue weighted by Crippen LogP contribution is 2.09. The second-order valence-electron chi connectivity index (χ2n) is 3.99. The van der Waals surface area contributed by atoms with Crippen LogP contribution in [0.2, 0.25) is 0 Å². The lowest BCUT2D eigenvalue weighted by Crippen LogP contribution is -2.39. The molecular weight excluding hydrogens is 182 g/mol. The molecule has 0 radical (unpaired) electrons. The maximum atomic E-state index is 10.8. The molecule has 2 heterocycles. The zero-order valence-corrected chi connectivity index (χ0v) is 8.45. The van der Waals surface area contributed by atoms with Crippen LogP contribution < -0.4 is 10.6 Å². The van der Waals surface area contributed by atoms with Gasteiger partial charge in [-0.05, 0) is 20.0 Å². The number of cyclic esters (lactones) is 1. The molecule has 5 heteroatoms. The quantitative estimate of drug-likeness (QED) is 0.636. The number of alkyl carbamates (subject to hydrolysis) is 1. The lowest BCUT2D eigenvalue weighted by Gasteiger charge is -2.25. The SMILES string of the molecule is CN(CC1CNC(=O)O1)C1CCNC1. The Morgan fingerprint density at radius 3 is 3.00 bits per heavy atom. The first-order valence-electron chi connectivity index (χ1n) is 5.11. The van der Waals surface area contributed by atoms with Crippen molar-refractivity contribution in [2.24, 2.45) is 0 Å². The fraction of sp³-hybridized carbons (Fsp3) is 0.889. The summed E-state index contributed by atoms with van der Waals surface area (Å²) in [4.78, 5) is 13.1. The minimum absolute atomic E-state index is 0.0214. The Balaban J connectivity index is 1.76. The second kappa shape index (κ2) is 4.14. The normalized spacial score (nSPS) is 32.0. The lowest BCUT2D eigenvalue weighted by atomic mass is 10.2. The summed E-state index contributed by atoms with van der Waals surface area (Å²) < 4.78 is 5.08. The third-order valence-corrected chi connectivity index (χ3v) is 2.90. The van der Waals surface area contributed by atoms with Gasteiger partial charge in [0.05, 0.1) is 6.54 Å². The molecule has 0 aromatic rings. The summed E-state index contributed by atoms with van der Waals surface area (Å²) in [5, 5.41) is 5.98. The van der Waals surface area contributed by atoms with Crippen LogP contribution >= 0.6 is 0 Å². The summed E-state index contributed by atoms with van der Waals surface area (Å²) in [6.07, 6.45) is 0.922. The zero-order valence-electron chi connectivity index (χ0n) is 8.45. The number of amides is 1. The van der Waals surface area contributed by atoms with Gasteiger partial charge in [0.1, 0.15) is 6.10 Å². The van der Waals surface area contributed by atoms with Crippen molar-refractivity contribution in [3.05, 3.63) is 0 Å². The number of rotatable bonds is 3. The Hall–Kier alpha value is -0.810. The van der Waals surface area contributed by atoms with Crippen LogP contribution in [0, 0.1) is 0 Å². The Bertz CT molecular complexity index is 216. The number of likely N-dealkylation sites (N-methyl/N-ethyl adjacent to an activating group) is 1. The van der Waals surface area contributed by atoms with E-state index >= 15 is 0 Å². The summed E-state index contributed by atoms with van der Waals surface area (Å²) in [7, 11) is 2.09. The molecule has 2 unspecified atom stereocenters. The molecule has 0 bridgehead atoms. The van der Waals surface area contributed by atoms with Gasteiger partial charge in [-0.3, -0.25) is 4.90 Å². The summed E-state index contributed by atoms with van der Waals surface area (Å²) in [6, 6.07) is 0.592. The van der Waals surface area contributed by atoms with Crippen LogP contribution in [-0.2, 0) is 4.74 Å². The fourth-order valence-corrected chi connectivity index (χ4v) is 2.02. The molecule has 14 heavy (non-hydrogen) atoms. The van der Waals surface area contributed by atoms with Crippen molar-refractivity contribution in [2.75, 3.05) is 33.2 Å². The first-order chi connectivity index (χ1) is 6.75. The third kappa shape index (κ3) is 2.16. The molecule has 1 amide bonds. The highest BCUT2D eigenvalue weighted by atomic mass is 16.6. The molecule has 0 spiro atoms. The number of nitrogens with one attached hydrogen (secondary N) is 2. The summed E-state index contributed by atoms with van der Waals surface area (Å²) in [5.41, 5.74) is 0. The van der Waals surface area contributed by atoms with E-state index in [0.29, 0.717) is 12.6 Å². The second-order valence-corrected chi connectivity index (χ2v) is 3.99. The average molecular weight is 199 g/mol. The van der Waals surface area contributed by atoms with E-state index in [9.17, 15) is 4.79 Å². The molecule has 0 aliphatic carbocycles. The highest BCUT2D eigenvalue weighted by molar-refractivity contribution is 5.69. The predicted molar refractivity (Wildman–Crippen MR) is 52.2 cm³/mol. The van der Waals surface area contributed by atoms with Gasteiger partial charge in [0.2, 0.25) is 0 Å². The smallest absolute Gasteiger partial charge is 0.407 e. The van der Waals surface area contributed by atoms with Crippen LogP contribution in [0.25, 0.3) is 0 Å². The summed E-state index contributed by atoms with van der Waals surface area (Å²) >= 11 is 0. The Kier molecular flexibility index (Phi) is 2.88. The minimum Gasteiger partial charge on any atom is -0.443 e. The van der Waals surface area contributed by atoms with Crippen LogP contribution in [0.15, 0.2) is 0 Å². The molecule has 80 valence electrons. The van der Waals surface area contributed by atoms with Crippen molar-refractivity contribution < 1.29 is 9.53 Å². The van der Waals surface area contributed by atoms with E-state index in [4.69, 9.17) is 4.74 Å². The van der Waals surface area contributed by atoms with Crippen molar-refractivity contribution in [1.29, 1.82) is 0 Å². The van der Waals surface area contributed by atoms with Gasteiger partial charge in [-0.2, -0.15) is 0 Å². The van der Waals surface area contributed by atoms with Crippen molar-refractivity contribution >= 4 is 6.09 Å². The highest BCUT2D eigenvalue weighted by Gasteiger charge is 2.27. The predicted octanol–water partition coefficient (Wildman–Crippen LogP) is -0.611. The minimum atomic E-state index is -0.284. The topological polar surface area (TPSA) is 53.6 Å². The maximum Gasteiger partial charge on any atom is 0.407 e. The summed E-state index contributed by atoms with van der Waals surface area (Å²) in [5.74, 6) is 0. The number of carbonyl (C=O) groups is 1. The van der Waals surface area contributed by atoms with Gasteiger partial charge in [0.25, 0.3) is 0 Å². The van der Waals surface area contributed by atoms with E-state index in [-0.39, 0.29) is 12.2 Å². The van der Waals surface area contributed by atoms with Crippen molar-refractivity contribution in [3.8, 4) is 0 Å². The van der Waals surface area contributed by atoms with Gasteiger partial charge in [-0.15, -0.1) is 0 Å².